The number of thiocarbonyl (C=S) groups is 1. The Labute approximate surface area is 192 Å². The van der Waals surface area contributed by atoms with E-state index in [1.165, 1.54) is 0 Å². The molecule has 2 atom stereocenters. The van der Waals surface area contributed by atoms with E-state index < -0.39 is 0 Å². The molecule has 0 saturated carbocycles. The number of benzene rings is 1. The Hall–Kier alpha value is -3.71. The van der Waals surface area contributed by atoms with Gasteiger partial charge in [0.15, 0.2) is 5.11 Å². The molecule has 1 aliphatic rings. The summed E-state index contributed by atoms with van der Waals surface area (Å²) < 4.78 is 7.92. The van der Waals surface area contributed by atoms with E-state index in [0.717, 1.165) is 28.4 Å². The number of para-hydroxylation sites is 2. The van der Waals surface area contributed by atoms with Gasteiger partial charge in [-0.1, -0.05) is 24.3 Å². The van der Waals surface area contributed by atoms with Crippen molar-refractivity contribution in [3.8, 4) is 5.75 Å². The lowest BCUT2D eigenvalue weighted by Gasteiger charge is -2.30. The number of nitrogens with zero attached hydrogens (tertiary/aromatic N) is 4. The van der Waals surface area contributed by atoms with Gasteiger partial charge in [0.1, 0.15) is 11.8 Å². The van der Waals surface area contributed by atoms with Crippen LogP contribution >= 0.6 is 12.2 Å². The maximum absolute atomic E-state index is 5.84. The number of nitrogens with one attached hydrogen (secondary N) is 1. The van der Waals surface area contributed by atoms with Gasteiger partial charge in [-0.25, -0.2) is 0 Å². The van der Waals surface area contributed by atoms with Crippen LogP contribution in [0.2, 0.25) is 0 Å². The van der Waals surface area contributed by atoms with Crippen molar-refractivity contribution in [3.63, 3.8) is 0 Å². The van der Waals surface area contributed by atoms with E-state index in [9.17, 15) is 0 Å². The summed E-state index contributed by atoms with van der Waals surface area (Å²) in [6, 6.07) is 22.0. The number of pyridine rings is 2. The number of rotatable bonds is 6. The van der Waals surface area contributed by atoms with Crippen molar-refractivity contribution < 1.29 is 4.74 Å². The van der Waals surface area contributed by atoms with Crippen molar-refractivity contribution in [2.24, 2.45) is 0 Å². The molecule has 1 aromatic carbocycles. The summed E-state index contributed by atoms with van der Waals surface area (Å²) in [4.78, 5) is 11.1. The van der Waals surface area contributed by atoms with Crippen LogP contribution in [-0.4, -0.2) is 26.8 Å². The molecular weight excluding hydrogens is 418 g/mol. The fourth-order valence-electron chi connectivity index (χ4n) is 4.27. The topological polar surface area (TPSA) is 55.2 Å². The highest BCUT2D eigenvalue weighted by molar-refractivity contribution is 7.80. The lowest BCUT2D eigenvalue weighted by atomic mass is 10.0. The first-order valence-electron chi connectivity index (χ1n) is 10.4. The SMILES string of the molecule is COc1ccccc1N1C(=S)N[C@@H](c2ccccn2)[C@H]1c1cccn1Cc1cccnc1. The monoisotopic (exact) mass is 441 g/mol. The van der Waals surface area contributed by atoms with E-state index in [0.29, 0.717) is 11.7 Å². The maximum Gasteiger partial charge on any atom is 0.174 e. The van der Waals surface area contributed by atoms with Gasteiger partial charge in [-0.15, -0.1) is 0 Å². The van der Waals surface area contributed by atoms with E-state index in [1.807, 2.05) is 60.9 Å². The molecule has 32 heavy (non-hydrogen) atoms. The highest BCUT2D eigenvalue weighted by atomic mass is 32.1. The number of hydrogen-bond donors (Lipinski definition) is 1. The Bertz CT molecular complexity index is 1210. The molecule has 1 aliphatic heterocycles. The third kappa shape index (κ3) is 3.71. The zero-order valence-electron chi connectivity index (χ0n) is 17.6. The third-order valence-electron chi connectivity index (χ3n) is 5.69. The molecule has 0 aliphatic carbocycles. The fourth-order valence-corrected chi connectivity index (χ4v) is 4.61. The van der Waals surface area contributed by atoms with E-state index in [4.69, 9.17) is 17.0 Å². The van der Waals surface area contributed by atoms with E-state index >= 15 is 0 Å². The zero-order chi connectivity index (χ0) is 21.9. The smallest absolute Gasteiger partial charge is 0.174 e. The molecule has 4 aromatic rings. The molecule has 0 radical (unpaired) electrons. The van der Waals surface area contributed by atoms with Gasteiger partial charge < -0.3 is 19.5 Å². The molecule has 0 unspecified atom stereocenters. The van der Waals surface area contributed by atoms with Crippen LogP contribution in [0.1, 0.15) is 29.0 Å². The van der Waals surface area contributed by atoms with E-state index in [2.05, 4.69) is 49.1 Å². The summed E-state index contributed by atoms with van der Waals surface area (Å²) >= 11 is 5.84. The van der Waals surface area contributed by atoms with Crippen molar-refractivity contribution in [2.75, 3.05) is 12.0 Å². The molecule has 7 heteroatoms. The van der Waals surface area contributed by atoms with Crippen LogP contribution in [0.3, 0.4) is 0 Å². The molecule has 0 amide bonds. The van der Waals surface area contributed by atoms with Crippen LogP contribution in [0.5, 0.6) is 5.75 Å². The maximum atomic E-state index is 5.84. The second-order valence-electron chi connectivity index (χ2n) is 7.59. The first kappa shape index (κ1) is 20.2. The average molecular weight is 442 g/mol. The number of hydrogen-bond acceptors (Lipinski definition) is 4. The molecule has 4 heterocycles. The quantitative estimate of drug-likeness (QED) is 0.444. The molecule has 6 nitrogen and oxygen atoms in total. The minimum Gasteiger partial charge on any atom is -0.495 e. The van der Waals surface area contributed by atoms with Crippen LogP contribution in [0.15, 0.2) is 91.5 Å². The Morgan fingerprint density at radius 3 is 2.66 bits per heavy atom. The zero-order valence-corrected chi connectivity index (χ0v) is 18.4. The number of ether oxygens (including phenoxy) is 1. The van der Waals surface area contributed by atoms with Gasteiger partial charge in [0, 0.05) is 37.0 Å². The Balaban J connectivity index is 1.63. The van der Waals surface area contributed by atoms with Gasteiger partial charge in [-0.05, 0) is 60.2 Å². The van der Waals surface area contributed by atoms with Crippen LogP contribution in [0.25, 0.3) is 0 Å². The standard InChI is InChI=1S/C25H23N5OS/c1-31-22-12-3-2-10-20(22)30-24(23(28-25(30)32)19-9-4-5-14-27-19)21-11-7-15-29(21)17-18-8-6-13-26-16-18/h2-16,23-24H,17H2,1H3,(H,28,32)/t23-,24+/m0/s1. The summed E-state index contributed by atoms with van der Waals surface area (Å²) in [7, 11) is 1.68. The molecule has 0 bridgehead atoms. The first-order chi connectivity index (χ1) is 15.8. The molecule has 1 N–H and O–H groups in total. The van der Waals surface area contributed by atoms with Crippen molar-refractivity contribution in [1.29, 1.82) is 0 Å². The summed E-state index contributed by atoms with van der Waals surface area (Å²) in [5, 5.41) is 4.16. The van der Waals surface area contributed by atoms with Crippen LogP contribution in [-0.2, 0) is 6.54 Å². The molecule has 3 aromatic heterocycles. The predicted molar refractivity (Wildman–Crippen MR) is 129 cm³/mol. The predicted octanol–water partition coefficient (Wildman–Crippen LogP) is 4.51. The van der Waals surface area contributed by atoms with E-state index in [1.54, 1.807) is 13.3 Å². The summed E-state index contributed by atoms with van der Waals surface area (Å²) in [6.45, 7) is 0.716. The fraction of sp³-hybridized carbons (Fsp3) is 0.160. The minimum absolute atomic E-state index is 0.111. The average Bonchev–Trinajstić information content (AvgIpc) is 3.43. The lowest BCUT2D eigenvalue weighted by molar-refractivity contribution is 0.414. The molecule has 5 rings (SSSR count). The van der Waals surface area contributed by atoms with Crippen molar-refractivity contribution in [2.45, 2.75) is 18.6 Å². The number of anilines is 1. The van der Waals surface area contributed by atoms with Gasteiger partial charge in [0.05, 0.1) is 24.5 Å². The van der Waals surface area contributed by atoms with Gasteiger partial charge in [-0.2, -0.15) is 0 Å². The first-order valence-corrected chi connectivity index (χ1v) is 10.8. The summed E-state index contributed by atoms with van der Waals surface area (Å²) in [6.07, 6.45) is 7.60. The van der Waals surface area contributed by atoms with Crippen molar-refractivity contribution in [3.05, 3.63) is 108 Å². The van der Waals surface area contributed by atoms with Gasteiger partial charge >= 0.3 is 0 Å². The second-order valence-corrected chi connectivity index (χ2v) is 7.98. The Morgan fingerprint density at radius 2 is 1.88 bits per heavy atom. The highest BCUT2D eigenvalue weighted by Crippen LogP contribution is 2.44. The molecule has 160 valence electrons. The van der Waals surface area contributed by atoms with Gasteiger partial charge in [0.25, 0.3) is 0 Å². The van der Waals surface area contributed by atoms with Crippen LogP contribution < -0.4 is 15.0 Å². The van der Waals surface area contributed by atoms with Gasteiger partial charge in [-0.3, -0.25) is 9.97 Å². The third-order valence-corrected chi connectivity index (χ3v) is 6.00. The second kappa shape index (κ2) is 8.80. The number of aromatic nitrogens is 3. The lowest BCUT2D eigenvalue weighted by Crippen LogP contribution is -2.30. The van der Waals surface area contributed by atoms with Crippen LogP contribution in [0, 0.1) is 0 Å². The largest absolute Gasteiger partial charge is 0.495 e. The van der Waals surface area contributed by atoms with Gasteiger partial charge in [0.2, 0.25) is 0 Å². The highest BCUT2D eigenvalue weighted by Gasteiger charge is 2.42. The molecule has 1 fully saturated rings. The molecular formula is C25H23N5OS. The number of methoxy groups -OCH3 is 1. The molecule has 1 saturated heterocycles. The Morgan fingerprint density at radius 1 is 1.00 bits per heavy atom. The van der Waals surface area contributed by atoms with E-state index in [-0.39, 0.29) is 12.1 Å². The summed E-state index contributed by atoms with van der Waals surface area (Å²) in [5.41, 5.74) is 4.12. The molecule has 0 spiro atoms. The minimum atomic E-state index is -0.115. The normalized spacial score (nSPS) is 17.9. The van der Waals surface area contributed by atoms with Crippen molar-refractivity contribution >= 4 is 23.0 Å². The summed E-state index contributed by atoms with van der Waals surface area (Å²) in [5.74, 6) is 0.772. The Kier molecular flexibility index (Phi) is 5.56. The van der Waals surface area contributed by atoms with Crippen LogP contribution in [0.4, 0.5) is 5.69 Å². The van der Waals surface area contributed by atoms with Crippen molar-refractivity contribution in [1.82, 2.24) is 19.9 Å².